The average molecular weight is 406 g/mol. The van der Waals surface area contributed by atoms with Gasteiger partial charge >= 0.3 is 5.24 Å². The third kappa shape index (κ3) is 3.78. The highest BCUT2D eigenvalue weighted by molar-refractivity contribution is 8.16. The van der Waals surface area contributed by atoms with Gasteiger partial charge in [-0.25, -0.2) is 8.42 Å². The summed E-state index contributed by atoms with van der Waals surface area (Å²) in [7, 11) is -4.21. The first kappa shape index (κ1) is 18.5. The molecule has 5 nitrogen and oxygen atoms in total. The number of nitrogens with zero attached hydrogens (tertiary/aromatic N) is 1. The van der Waals surface area contributed by atoms with Crippen molar-refractivity contribution in [1.82, 2.24) is 4.31 Å². The largest absolute Gasteiger partial charge is 0.303 e. The van der Waals surface area contributed by atoms with Gasteiger partial charge in [0.1, 0.15) is 5.25 Å². The molecule has 1 fully saturated rings. The molecule has 8 heteroatoms. The minimum atomic E-state index is -4.21. The van der Waals surface area contributed by atoms with Gasteiger partial charge in [-0.05, 0) is 42.1 Å². The predicted octanol–water partition coefficient (Wildman–Crippen LogP) is 3.53. The molecule has 0 saturated carbocycles. The summed E-state index contributed by atoms with van der Waals surface area (Å²) >= 11 is 6.55. The van der Waals surface area contributed by atoms with Gasteiger partial charge in [0.25, 0.3) is 15.9 Å². The van der Waals surface area contributed by atoms with Gasteiger partial charge in [-0.15, -0.1) is 0 Å². The number of hydrogen-bond donors (Lipinski definition) is 0. The van der Waals surface area contributed by atoms with Crippen LogP contribution in [-0.2, 0) is 14.8 Å². The van der Waals surface area contributed by atoms with E-state index in [2.05, 4.69) is 11.8 Å². The van der Waals surface area contributed by atoms with Crippen LogP contribution in [0.3, 0.4) is 0 Å². The average Bonchev–Trinajstić information content (AvgIpc) is 2.90. The highest BCUT2D eigenvalue weighted by Crippen LogP contribution is 2.33. The van der Waals surface area contributed by atoms with Crippen LogP contribution in [0.2, 0.25) is 5.02 Å². The Kier molecular flexibility index (Phi) is 5.37. The Morgan fingerprint density at radius 1 is 1.08 bits per heavy atom. The Hall–Kier alpha value is -2.27. The number of hydrogen-bond acceptors (Lipinski definition) is 5. The van der Waals surface area contributed by atoms with Crippen molar-refractivity contribution in [2.24, 2.45) is 0 Å². The van der Waals surface area contributed by atoms with E-state index in [1.807, 2.05) is 0 Å². The van der Waals surface area contributed by atoms with E-state index < -0.39 is 26.4 Å². The van der Waals surface area contributed by atoms with Gasteiger partial charge in [0.15, 0.2) is 0 Å². The van der Waals surface area contributed by atoms with E-state index in [1.165, 1.54) is 24.3 Å². The lowest BCUT2D eigenvalue weighted by molar-refractivity contribution is -0.123. The van der Waals surface area contributed by atoms with Crippen molar-refractivity contribution in [3.8, 4) is 11.8 Å². The molecule has 0 bridgehead atoms. The van der Waals surface area contributed by atoms with Gasteiger partial charge in [-0.2, -0.15) is 4.31 Å². The second-order valence-electron chi connectivity index (χ2n) is 5.31. The normalized spacial score (nSPS) is 17.1. The monoisotopic (exact) mass is 405 g/mol. The van der Waals surface area contributed by atoms with Crippen molar-refractivity contribution in [3.63, 3.8) is 0 Å². The van der Waals surface area contributed by atoms with Crippen LogP contribution < -0.4 is 0 Å². The van der Waals surface area contributed by atoms with Gasteiger partial charge < -0.3 is 0 Å². The summed E-state index contributed by atoms with van der Waals surface area (Å²) in [5.41, 5.74) is 0.674. The molecule has 2 aromatic carbocycles. The molecular weight excluding hydrogens is 394 g/mol. The van der Waals surface area contributed by atoms with Crippen molar-refractivity contribution in [2.75, 3.05) is 0 Å². The summed E-state index contributed by atoms with van der Waals surface area (Å²) in [6.45, 7) is 0. The SMILES string of the molecule is O=C1SC(CC#Cc2cccc(Cl)c2)C(=O)N1S(=O)(=O)c1ccccc1. The molecule has 3 rings (SSSR count). The standard InChI is InChI=1S/C18H12ClNO4S2/c19-14-8-4-6-13(12-14)7-5-11-16-17(21)20(18(22)25-16)26(23,24)15-9-2-1-3-10-15/h1-4,6,8-10,12,16H,11H2. The van der Waals surface area contributed by atoms with Crippen LogP contribution in [0.15, 0.2) is 59.5 Å². The van der Waals surface area contributed by atoms with Crippen LogP contribution in [0.1, 0.15) is 12.0 Å². The predicted molar refractivity (Wildman–Crippen MR) is 100 cm³/mol. The van der Waals surface area contributed by atoms with Crippen LogP contribution in [-0.4, -0.2) is 29.1 Å². The van der Waals surface area contributed by atoms with Gasteiger partial charge in [0.2, 0.25) is 0 Å². The van der Waals surface area contributed by atoms with Gasteiger partial charge in [0.05, 0.1) is 4.90 Å². The Morgan fingerprint density at radius 3 is 2.50 bits per heavy atom. The Morgan fingerprint density at radius 2 is 1.81 bits per heavy atom. The molecule has 132 valence electrons. The van der Waals surface area contributed by atoms with E-state index in [0.717, 1.165) is 0 Å². The number of carbonyl (C=O) groups excluding carboxylic acids is 2. The van der Waals surface area contributed by atoms with Crippen LogP contribution in [0, 0.1) is 11.8 Å². The van der Waals surface area contributed by atoms with E-state index in [-0.39, 0.29) is 11.3 Å². The van der Waals surface area contributed by atoms with Crippen molar-refractivity contribution < 1.29 is 18.0 Å². The molecule has 0 spiro atoms. The fourth-order valence-electron chi connectivity index (χ4n) is 2.30. The van der Waals surface area contributed by atoms with Crippen molar-refractivity contribution in [2.45, 2.75) is 16.6 Å². The minimum absolute atomic E-state index is 0.0581. The van der Waals surface area contributed by atoms with E-state index in [0.29, 0.717) is 26.7 Å². The van der Waals surface area contributed by atoms with Gasteiger partial charge in [0, 0.05) is 17.0 Å². The Labute approximate surface area is 160 Å². The highest BCUT2D eigenvalue weighted by atomic mass is 35.5. The van der Waals surface area contributed by atoms with E-state index in [9.17, 15) is 18.0 Å². The number of sulfonamides is 1. The van der Waals surface area contributed by atoms with E-state index >= 15 is 0 Å². The fourth-order valence-corrected chi connectivity index (χ4v) is 5.05. The first-order chi connectivity index (χ1) is 12.4. The maximum absolute atomic E-state index is 12.6. The van der Waals surface area contributed by atoms with Crippen LogP contribution in [0.5, 0.6) is 0 Å². The third-order valence-electron chi connectivity index (χ3n) is 3.51. The van der Waals surface area contributed by atoms with Crippen molar-refractivity contribution >= 4 is 44.5 Å². The molecule has 1 saturated heterocycles. The van der Waals surface area contributed by atoms with Gasteiger partial charge in [-0.1, -0.05) is 47.7 Å². The topological polar surface area (TPSA) is 71.5 Å². The van der Waals surface area contributed by atoms with E-state index in [4.69, 9.17) is 11.6 Å². The third-order valence-corrected chi connectivity index (χ3v) is 6.59. The first-order valence-corrected chi connectivity index (χ1v) is 10.2. The molecule has 1 atom stereocenters. The molecule has 0 N–H and O–H groups in total. The first-order valence-electron chi connectivity index (χ1n) is 7.49. The summed E-state index contributed by atoms with van der Waals surface area (Å²) < 4.78 is 25.4. The highest BCUT2D eigenvalue weighted by Gasteiger charge is 2.46. The lowest BCUT2D eigenvalue weighted by Crippen LogP contribution is -2.37. The maximum atomic E-state index is 12.6. The quantitative estimate of drug-likeness (QED) is 0.730. The molecule has 26 heavy (non-hydrogen) atoms. The van der Waals surface area contributed by atoms with Crippen LogP contribution in [0.4, 0.5) is 4.79 Å². The molecule has 0 aliphatic carbocycles. The zero-order valence-electron chi connectivity index (χ0n) is 13.3. The minimum Gasteiger partial charge on any atom is -0.272 e. The lowest BCUT2D eigenvalue weighted by Gasteiger charge is -2.13. The summed E-state index contributed by atoms with van der Waals surface area (Å²) in [4.78, 5) is 24.5. The number of thioether (sulfide) groups is 1. The molecular formula is C18H12ClNO4S2. The van der Waals surface area contributed by atoms with Crippen LogP contribution in [0.25, 0.3) is 0 Å². The lowest BCUT2D eigenvalue weighted by atomic mass is 10.2. The van der Waals surface area contributed by atoms with Gasteiger partial charge in [-0.3, -0.25) is 9.59 Å². The van der Waals surface area contributed by atoms with E-state index in [1.54, 1.807) is 30.3 Å². The second-order valence-corrected chi connectivity index (χ2v) is 8.69. The molecule has 1 aliphatic heterocycles. The molecule has 0 radical (unpaired) electrons. The van der Waals surface area contributed by atoms with Crippen LogP contribution >= 0.6 is 23.4 Å². The number of imide groups is 1. The summed E-state index contributed by atoms with van der Waals surface area (Å²) in [5, 5.41) is -1.13. The number of amides is 2. The molecule has 2 aromatic rings. The summed E-state index contributed by atoms with van der Waals surface area (Å²) in [5.74, 6) is 4.89. The molecule has 1 aliphatic rings. The molecule has 1 heterocycles. The summed E-state index contributed by atoms with van der Waals surface area (Å²) in [6.07, 6.45) is 0.0581. The fraction of sp³-hybridized carbons (Fsp3) is 0.111. The smallest absolute Gasteiger partial charge is 0.272 e. The molecule has 0 aromatic heterocycles. The maximum Gasteiger partial charge on any atom is 0.303 e. The van der Waals surface area contributed by atoms with Crippen molar-refractivity contribution in [1.29, 1.82) is 0 Å². The zero-order chi connectivity index (χ0) is 18.7. The number of benzene rings is 2. The number of rotatable bonds is 3. The van der Waals surface area contributed by atoms with Crippen molar-refractivity contribution in [3.05, 3.63) is 65.2 Å². The Bertz CT molecular complexity index is 1030. The number of carbonyl (C=O) groups is 2. The zero-order valence-corrected chi connectivity index (χ0v) is 15.6. The second kappa shape index (κ2) is 7.54. The number of halogens is 1. The molecule has 2 amide bonds. The molecule has 1 unspecified atom stereocenters. The summed E-state index contributed by atoms with van der Waals surface area (Å²) in [6, 6.07) is 14.3. The Balaban J connectivity index is 1.78.